The minimum atomic E-state index is -1.17. The maximum atomic E-state index is 11.8. The van der Waals surface area contributed by atoms with Gasteiger partial charge >= 0.3 is 12.0 Å². The first-order chi connectivity index (χ1) is 9.12. The summed E-state index contributed by atoms with van der Waals surface area (Å²) in [5, 5.41) is 14.7. The molecule has 0 aromatic heterocycles. The zero-order chi connectivity index (χ0) is 13.7. The van der Waals surface area contributed by atoms with E-state index in [4.69, 9.17) is 4.74 Å². The minimum absolute atomic E-state index is 0.315. The minimum Gasteiger partial charge on any atom is -0.480 e. The molecule has 0 aromatic rings. The second-order valence-corrected chi connectivity index (χ2v) is 6.21. The van der Waals surface area contributed by atoms with Crippen LogP contribution in [-0.2, 0) is 9.53 Å². The van der Waals surface area contributed by atoms with Gasteiger partial charge in [0.15, 0.2) is 0 Å². The molecule has 2 aliphatic rings. The van der Waals surface area contributed by atoms with Crippen LogP contribution >= 0.6 is 11.8 Å². The third-order valence-corrected chi connectivity index (χ3v) is 4.92. The topological polar surface area (TPSA) is 87.7 Å². The van der Waals surface area contributed by atoms with E-state index in [0.717, 1.165) is 17.9 Å². The van der Waals surface area contributed by atoms with Gasteiger partial charge in [-0.2, -0.15) is 11.8 Å². The first-order valence-electron chi connectivity index (χ1n) is 6.57. The molecule has 1 atom stereocenters. The van der Waals surface area contributed by atoms with Crippen LogP contribution in [0.25, 0.3) is 0 Å². The highest BCUT2D eigenvalue weighted by molar-refractivity contribution is 7.99. The summed E-state index contributed by atoms with van der Waals surface area (Å²) in [7, 11) is 0. The van der Waals surface area contributed by atoms with Crippen molar-refractivity contribution in [2.45, 2.75) is 24.8 Å². The van der Waals surface area contributed by atoms with Crippen molar-refractivity contribution in [1.82, 2.24) is 10.6 Å². The van der Waals surface area contributed by atoms with E-state index < -0.39 is 11.5 Å². The molecule has 3 N–H and O–H groups in total. The molecule has 2 saturated heterocycles. The molecule has 0 spiro atoms. The molecule has 108 valence electrons. The third-order valence-electron chi connectivity index (χ3n) is 3.68. The van der Waals surface area contributed by atoms with Crippen LogP contribution in [0.15, 0.2) is 0 Å². The van der Waals surface area contributed by atoms with E-state index in [1.807, 2.05) is 11.8 Å². The number of carboxylic acid groups (broad SMARTS) is 1. The quantitative estimate of drug-likeness (QED) is 0.708. The Morgan fingerprint density at radius 1 is 1.37 bits per heavy atom. The molecule has 0 bridgehead atoms. The monoisotopic (exact) mass is 288 g/mol. The zero-order valence-corrected chi connectivity index (χ0v) is 11.6. The van der Waals surface area contributed by atoms with Crippen molar-refractivity contribution in [1.29, 1.82) is 0 Å². The average Bonchev–Trinajstić information content (AvgIpc) is 2.90. The van der Waals surface area contributed by atoms with E-state index in [0.29, 0.717) is 38.5 Å². The van der Waals surface area contributed by atoms with Crippen molar-refractivity contribution in [3.8, 4) is 0 Å². The van der Waals surface area contributed by atoms with E-state index in [1.54, 1.807) is 0 Å². The smallest absolute Gasteiger partial charge is 0.329 e. The lowest BCUT2D eigenvalue weighted by Crippen LogP contribution is -2.59. The third kappa shape index (κ3) is 3.76. The van der Waals surface area contributed by atoms with E-state index in [1.165, 1.54) is 0 Å². The van der Waals surface area contributed by atoms with Gasteiger partial charge in [-0.1, -0.05) is 0 Å². The second kappa shape index (κ2) is 6.47. The summed E-state index contributed by atoms with van der Waals surface area (Å²) in [4.78, 5) is 23.2. The SMILES string of the molecule is O=C(NCC1CCSC1)NC1(C(=O)O)CCOCC1. The molecule has 0 saturated carbocycles. The first-order valence-corrected chi connectivity index (χ1v) is 7.73. The van der Waals surface area contributed by atoms with Gasteiger partial charge in [0.25, 0.3) is 0 Å². The van der Waals surface area contributed by atoms with Gasteiger partial charge in [-0.15, -0.1) is 0 Å². The number of rotatable bonds is 4. The maximum Gasteiger partial charge on any atom is 0.329 e. The Morgan fingerprint density at radius 2 is 2.11 bits per heavy atom. The number of carbonyl (C=O) groups excluding carboxylic acids is 1. The molecule has 0 aliphatic carbocycles. The number of urea groups is 1. The number of amides is 2. The molecule has 2 amide bonds. The van der Waals surface area contributed by atoms with Crippen molar-refractivity contribution in [2.24, 2.45) is 5.92 Å². The number of ether oxygens (including phenoxy) is 1. The number of carbonyl (C=O) groups is 2. The van der Waals surface area contributed by atoms with Crippen molar-refractivity contribution in [2.75, 3.05) is 31.3 Å². The van der Waals surface area contributed by atoms with Crippen LogP contribution in [0.3, 0.4) is 0 Å². The molecule has 7 heteroatoms. The van der Waals surface area contributed by atoms with Crippen molar-refractivity contribution in [3.63, 3.8) is 0 Å². The van der Waals surface area contributed by atoms with Gasteiger partial charge in [0.1, 0.15) is 5.54 Å². The Balaban J connectivity index is 1.82. The maximum absolute atomic E-state index is 11.8. The Hall–Kier alpha value is -0.950. The predicted molar refractivity (Wildman–Crippen MR) is 72.4 cm³/mol. The van der Waals surface area contributed by atoms with Gasteiger partial charge in [-0.25, -0.2) is 9.59 Å². The first kappa shape index (κ1) is 14.5. The molecule has 2 aliphatic heterocycles. The number of hydrogen-bond acceptors (Lipinski definition) is 4. The predicted octanol–water partition coefficient (Wildman–Crippen LogP) is 0.672. The van der Waals surface area contributed by atoms with Gasteiger partial charge in [-0.3, -0.25) is 0 Å². The Labute approximate surface area is 116 Å². The van der Waals surface area contributed by atoms with Crippen LogP contribution in [0.5, 0.6) is 0 Å². The van der Waals surface area contributed by atoms with E-state index in [2.05, 4.69) is 10.6 Å². The van der Waals surface area contributed by atoms with Gasteiger partial charge < -0.3 is 20.5 Å². The number of nitrogens with one attached hydrogen (secondary N) is 2. The molecule has 0 radical (unpaired) electrons. The fourth-order valence-electron chi connectivity index (χ4n) is 2.36. The fourth-order valence-corrected chi connectivity index (χ4v) is 3.64. The Morgan fingerprint density at radius 3 is 2.68 bits per heavy atom. The number of aliphatic carboxylic acids is 1. The number of hydrogen-bond donors (Lipinski definition) is 3. The van der Waals surface area contributed by atoms with Crippen LogP contribution in [0.1, 0.15) is 19.3 Å². The fraction of sp³-hybridized carbons (Fsp3) is 0.833. The lowest BCUT2D eigenvalue weighted by Gasteiger charge is -2.33. The zero-order valence-electron chi connectivity index (χ0n) is 10.8. The largest absolute Gasteiger partial charge is 0.480 e. The second-order valence-electron chi connectivity index (χ2n) is 5.06. The van der Waals surface area contributed by atoms with Gasteiger partial charge in [0.2, 0.25) is 0 Å². The average molecular weight is 288 g/mol. The molecular formula is C12H20N2O4S. The molecule has 6 nitrogen and oxygen atoms in total. The summed E-state index contributed by atoms with van der Waals surface area (Å²) in [6, 6.07) is -0.388. The summed E-state index contributed by atoms with van der Waals surface area (Å²) in [5.74, 6) is 1.73. The Kier molecular flexibility index (Phi) is 4.93. The van der Waals surface area contributed by atoms with Gasteiger partial charge in [0.05, 0.1) is 0 Å². The molecular weight excluding hydrogens is 268 g/mol. The Bertz CT molecular complexity index is 339. The van der Waals surface area contributed by atoms with E-state index in [-0.39, 0.29) is 6.03 Å². The molecule has 2 rings (SSSR count). The van der Waals surface area contributed by atoms with Gasteiger partial charge in [0, 0.05) is 32.6 Å². The molecule has 19 heavy (non-hydrogen) atoms. The summed E-state index contributed by atoms with van der Waals surface area (Å²) in [6.07, 6.45) is 1.74. The number of thioether (sulfide) groups is 1. The summed E-state index contributed by atoms with van der Waals surface area (Å²) in [5.41, 5.74) is -1.17. The number of carboxylic acids is 1. The summed E-state index contributed by atoms with van der Waals surface area (Å²) in [6.45, 7) is 1.35. The highest BCUT2D eigenvalue weighted by Crippen LogP contribution is 2.23. The van der Waals surface area contributed by atoms with Crippen molar-refractivity contribution >= 4 is 23.8 Å². The molecule has 2 heterocycles. The van der Waals surface area contributed by atoms with Crippen LogP contribution in [0.2, 0.25) is 0 Å². The summed E-state index contributed by atoms with van der Waals surface area (Å²) < 4.78 is 5.16. The van der Waals surface area contributed by atoms with Gasteiger partial charge in [-0.05, 0) is 23.8 Å². The molecule has 2 fully saturated rings. The standard InChI is InChI=1S/C12H20N2O4S/c15-10(16)12(2-4-18-5-3-12)14-11(17)13-7-9-1-6-19-8-9/h9H,1-8H2,(H,15,16)(H2,13,14,17). The lowest BCUT2D eigenvalue weighted by molar-refractivity contribution is -0.148. The normalized spacial score (nSPS) is 25.8. The highest BCUT2D eigenvalue weighted by Gasteiger charge is 2.41. The van der Waals surface area contributed by atoms with Crippen molar-refractivity contribution in [3.05, 3.63) is 0 Å². The van der Waals surface area contributed by atoms with Crippen LogP contribution in [0.4, 0.5) is 4.79 Å². The van der Waals surface area contributed by atoms with Crippen LogP contribution in [-0.4, -0.2) is 53.9 Å². The van der Waals surface area contributed by atoms with Crippen LogP contribution in [0, 0.1) is 5.92 Å². The highest BCUT2D eigenvalue weighted by atomic mass is 32.2. The van der Waals surface area contributed by atoms with E-state index in [9.17, 15) is 14.7 Å². The van der Waals surface area contributed by atoms with Crippen LogP contribution < -0.4 is 10.6 Å². The molecule has 1 unspecified atom stereocenters. The van der Waals surface area contributed by atoms with E-state index >= 15 is 0 Å². The molecule has 0 aromatic carbocycles. The van der Waals surface area contributed by atoms with Crippen molar-refractivity contribution < 1.29 is 19.4 Å². The summed E-state index contributed by atoms with van der Waals surface area (Å²) >= 11 is 1.89. The lowest BCUT2D eigenvalue weighted by atomic mass is 9.90.